The SMILES string of the molecule is CCNC(=NCc1c(CC)nn(C)c1CC)NC1CCN(c2ccc(C)cn2)CC1.I. The van der Waals surface area contributed by atoms with Gasteiger partial charge in [-0.15, -0.1) is 24.0 Å². The van der Waals surface area contributed by atoms with Crippen LogP contribution >= 0.6 is 24.0 Å². The zero-order valence-electron chi connectivity index (χ0n) is 19.6. The van der Waals surface area contributed by atoms with E-state index in [-0.39, 0.29) is 24.0 Å². The molecule has 0 atom stereocenters. The van der Waals surface area contributed by atoms with Crippen LogP contribution in [0.3, 0.4) is 0 Å². The summed E-state index contributed by atoms with van der Waals surface area (Å²) in [7, 11) is 2.03. The van der Waals surface area contributed by atoms with Gasteiger partial charge in [-0.2, -0.15) is 5.10 Å². The molecule has 0 bridgehead atoms. The second-order valence-electron chi connectivity index (χ2n) is 8.00. The molecule has 3 rings (SSSR count). The van der Waals surface area contributed by atoms with Gasteiger partial charge in [0.05, 0.1) is 12.2 Å². The number of aromatic nitrogens is 3. The fraction of sp³-hybridized carbons (Fsp3) is 0.609. The smallest absolute Gasteiger partial charge is 0.191 e. The van der Waals surface area contributed by atoms with Crippen molar-refractivity contribution >= 4 is 35.8 Å². The number of guanidine groups is 1. The number of rotatable bonds is 7. The van der Waals surface area contributed by atoms with Crippen molar-refractivity contribution in [3.05, 3.63) is 40.8 Å². The molecule has 7 nitrogen and oxygen atoms in total. The van der Waals surface area contributed by atoms with Crippen molar-refractivity contribution in [2.45, 2.75) is 66.0 Å². The maximum Gasteiger partial charge on any atom is 0.191 e. The number of halogens is 1. The molecule has 1 saturated heterocycles. The number of aliphatic imine (C=N–C) groups is 1. The molecule has 31 heavy (non-hydrogen) atoms. The molecule has 1 fully saturated rings. The van der Waals surface area contributed by atoms with Crippen LogP contribution in [0.2, 0.25) is 0 Å². The molecule has 2 aromatic rings. The lowest BCUT2D eigenvalue weighted by Gasteiger charge is -2.33. The average molecular weight is 540 g/mol. The minimum Gasteiger partial charge on any atom is -0.357 e. The molecule has 0 saturated carbocycles. The third-order valence-corrected chi connectivity index (χ3v) is 5.82. The van der Waals surface area contributed by atoms with Crippen LogP contribution in [-0.4, -0.2) is 46.4 Å². The lowest BCUT2D eigenvalue weighted by molar-refractivity contribution is 0.459. The molecular formula is C23H38IN7. The van der Waals surface area contributed by atoms with Gasteiger partial charge in [0.2, 0.25) is 0 Å². The Morgan fingerprint density at radius 2 is 1.90 bits per heavy atom. The summed E-state index contributed by atoms with van der Waals surface area (Å²) in [5, 5.41) is 11.7. The number of nitrogens with one attached hydrogen (secondary N) is 2. The summed E-state index contributed by atoms with van der Waals surface area (Å²) in [5.41, 5.74) is 4.92. The predicted molar refractivity (Wildman–Crippen MR) is 140 cm³/mol. The summed E-state index contributed by atoms with van der Waals surface area (Å²) in [6.07, 6.45) is 6.02. The van der Waals surface area contributed by atoms with Crippen LogP contribution in [0.15, 0.2) is 23.3 Å². The summed E-state index contributed by atoms with van der Waals surface area (Å²) in [5.74, 6) is 1.98. The van der Waals surface area contributed by atoms with Crippen LogP contribution in [0.4, 0.5) is 5.82 Å². The Kier molecular flexibility index (Phi) is 10.1. The van der Waals surface area contributed by atoms with Crippen LogP contribution in [0.25, 0.3) is 0 Å². The van der Waals surface area contributed by atoms with Crippen molar-refractivity contribution < 1.29 is 0 Å². The molecule has 2 N–H and O–H groups in total. The van der Waals surface area contributed by atoms with Gasteiger partial charge in [0, 0.05) is 50.2 Å². The van der Waals surface area contributed by atoms with E-state index in [2.05, 4.69) is 65.4 Å². The fourth-order valence-corrected chi connectivity index (χ4v) is 4.14. The normalized spacial score (nSPS) is 15.0. The van der Waals surface area contributed by atoms with E-state index in [1.165, 1.54) is 16.8 Å². The summed E-state index contributed by atoms with van der Waals surface area (Å²) in [6.45, 7) is 12.1. The van der Waals surface area contributed by atoms with Crippen molar-refractivity contribution in [2.24, 2.45) is 12.0 Å². The molecule has 3 heterocycles. The van der Waals surface area contributed by atoms with Gasteiger partial charge in [-0.3, -0.25) is 4.68 Å². The van der Waals surface area contributed by atoms with Crippen LogP contribution in [-0.2, 0) is 26.4 Å². The second kappa shape index (κ2) is 12.3. The van der Waals surface area contributed by atoms with Crippen LogP contribution in [0.1, 0.15) is 56.1 Å². The standard InChI is InChI=1S/C23H37N7.HI/c1-6-20-19(21(7-2)29(5)28-20)16-26-23(24-8-3)27-18-11-13-30(14-12-18)22-10-9-17(4)15-25-22;/h9-10,15,18H,6-8,11-14,16H2,1-5H3,(H2,24,26,27);1H. The zero-order chi connectivity index (χ0) is 21.5. The Hall–Kier alpha value is -1.84. The Morgan fingerprint density at radius 3 is 2.48 bits per heavy atom. The lowest BCUT2D eigenvalue weighted by Crippen LogP contribution is -2.48. The number of pyridine rings is 1. The topological polar surface area (TPSA) is 70.4 Å². The first-order chi connectivity index (χ1) is 14.5. The summed E-state index contributed by atoms with van der Waals surface area (Å²) < 4.78 is 2.01. The number of nitrogens with zero attached hydrogens (tertiary/aromatic N) is 5. The summed E-state index contributed by atoms with van der Waals surface area (Å²) in [6, 6.07) is 4.68. The van der Waals surface area contributed by atoms with Crippen molar-refractivity contribution in [1.29, 1.82) is 0 Å². The number of anilines is 1. The first-order valence-corrected chi connectivity index (χ1v) is 11.3. The van der Waals surface area contributed by atoms with Crippen LogP contribution < -0.4 is 15.5 Å². The average Bonchev–Trinajstić information content (AvgIpc) is 3.07. The molecular weight excluding hydrogens is 501 g/mol. The van der Waals surface area contributed by atoms with E-state index in [1.807, 2.05) is 17.9 Å². The van der Waals surface area contributed by atoms with Gasteiger partial charge in [-0.25, -0.2) is 9.98 Å². The molecule has 0 aliphatic carbocycles. The molecule has 1 aliphatic heterocycles. The molecule has 2 aromatic heterocycles. The minimum absolute atomic E-state index is 0. The first kappa shape index (κ1) is 25.4. The zero-order valence-corrected chi connectivity index (χ0v) is 21.9. The van der Waals surface area contributed by atoms with Crippen molar-refractivity contribution in [2.75, 3.05) is 24.5 Å². The molecule has 172 valence electrons. The van der Waals surface area contributed by atoms with Crippen LogP contribution in [0, 0.1) is 6.92 Å². The number of piperidine rings is 1. The highest BCUT2D eigenvalue weighted by Crippen LogP contribution is 2.19. The summed E-state index contributed by atoms with van der Waals surface area (Å²) >= 11 is 0. The number of aryl methyl sites for hydroxylation is 3. The molecule has 0 radical (unpaired) electrons. The maximum atomic E-state index is 4.91. The van der Waals surface area contributed by atoms with Gasteiger partial charge >= 0.3 is 0 Å². The Morgan fingerprint density at radius 1 is 1.16 bits per heavy atom. The second-order valence-corrected chi connectivity index (χ2v) is 8.00. The van der Waals surface area contributed by atoms with Crippen molar-refractivity contribution in [3.8, 4) is 0 Å². The van der Waals surface area contributed by atoms with Crippen molar-refractivity contribution in [3.63, 3.8) is 0 Å². The highest BCUT2D eigenvalue weighted by molar-refractivity contribution is 14.0. The number of hydrogen-bond donors (Lipinski definition) is 2. The highest BCUT2D eigenvalue weighted by atomic mass is 127. The highest BCUT2D eigenvalue weighted by Gasteiger charge is 2.21. The maximum absolute atomic E-state index is 4.91. The molecule has 8 heteroatoms. The van der Waals surface area contributed by atoms with E-state index in [9.17, 15) is 0 Å². The van der Waals surface area contributed by atoms with Gasteiger partial charge in [0.25, 0.3) is 0 Å². The third-order valence-electron chi connectivity index (χ3n) is 5.82. The molecule has 0 amide bonds. The molecule has 0 spiro atoms. The minimum atomic E-state index is 0. The lowest BCUT2D eigenvalue weighted by atomic mass is 10.1. The quantitative estimate of drug-likeness (QED) is 0.320. The molecule has 0 unspecified atom stereocenters. The van der Waals surface area contributed by atoms with E-state index in [0.29, 0.717) is 12.6 Å². The predicted octanol–water partition coefficient (Wildman–Crippen LogP) is 3.59. The largest absolute Gasteiger partial charge is 0.357 e. The van der Waals surface area contributed by atoms with Crippen LogP contribution in [0.5, 0.6) is 0 Å². The van der Waals surface area contributed by atoms with Gasteiger partial charge in [-0.05, 0) is 51.2 Å². The van der Waals surface area contributed by atoms with E-state index in [4.69, 9.17) is 4.99 Å². The Labute approximate surface area is 204 Å². The van der Waals surface area contributed by atoms with Gasteiger partial charge < -0.3 is 15.5 Å². The van der Waals surface area contributed by atoms with E-state index >= 15 is 0 Å². The summed E-state index contributed by atoms with van der Waals surface area (Å²) in [4.78, 5) is 11.9. The van der Waals surface area contributed by atoms with E-state index in [0.717, 1.165) is 62.8 Å². The Bertz CT molecular complexity index is 836. The van der Waals surface area contributed by atoms with Gasteiger partial charge in [0.1, 0.15) is 5.82 Å². The third kappa shape index (κ3) is 6.57. The van der Waals surface area contributed by atoms with E-state index in [1.54, 1.807) is 0 Å². The molecule has 0 aromatic carbocycles. The molecule has 1 aliphatic rings. The Balaban J connectivity index is 0.00000341. The van der Waals surface area contributed by atoms with Gasteiger partial charge in [-0.1, -0.05) is 19.9 Å². The number of hydrogen-bond acceptors (Lipinski definition) is 4. The fourth-order valence-electron chi connectivity index (χ4n) is 4.14. The first-order valence-electron chi connectivity index (χ1n) is 11.3. The monoisotopic (exact) mass is 539 g/mol. The van der Waals surface area contributed by atoms with E-state index < -0.39 is 0 Å². The van der Waals surface area contributed by atoms with Gasteiger partial charge in [0.15, 0.2) is 5.96 Å². The van der Waals surface area contributed by atoms with Crippen molar-refractivity contribution in [1.82, 2.24) is 25.4 Å².